The average molecular weight is 418 g/mol. The van der Waals surface area contributed by atoms with Gasteiger partial charge in [-0.1, -0.05) is 0 Å². The van der Waals surface area contributed by atoms with Gasteiger partial charge in [-0.2, -0.15) is 10.5 Å². The predicted octanol–water partition coefficient (Wildman–Crippen LogP) is -0.152. The standard InChI is InChI=1S/C20H26N4O6/c1-23(9-11-25)7-3-5-17(15-21)19(27)29-13-14-30-20(28)18(16-22)6-4-8-24(2)10-12-26/h3-8,25-26H,9-14H2,1-2H3/b7-3+,8-4+,17-5+,18-6+. The van der Waals surface area contributed by atoms with Crippen molar-refractivity contribution in [3.8, 4) is 12.1 Å². The Balaban J connectivity index is 4.53. The van der Waals surface area contributed by atoms with E-state index in [2.05, 4.69) is 0 Å². The summed E-state index contributed by atoms with van der Waals surface area (Å²) >= 11 is 0. The van der Waals surface area contributed by atoms with Gasteiger partial charge in [0.25, 0.3) is 0 Å². The lowest BCUT2D eigenvalue weighted by molar-refractivity contribution is -0.146. The second-order valence-corrected chi connectivity index (χ2v) is 5.75. The molecular weight excluding hydrogens is 392 g/mol. The maximum atomic E-state index is 11.8. The summed E-state index contributed by atoms with van der Waals surface area (Å²) in [5.41, 5.74) is -0.491. The van der Waals surface area contributed by atoms with Crippen LogP contribution >= 0.6 is 0 Å². The van der Waals surface area contributed by atoms with E-state index in [0.717, 1.165) is 0 Å². The monoisotopic (exact) mass is 418 g/mol. The van der Waals surface area contributed by atoms with Gasteiger partial charge in [0.1, 0.15) is 36.5 Å². The Morgan fingerprint density at radius 3 is 1.50 bits per heavy atom. The average Bonchev–Trinajstić information content (AvgIpc) is 2.71. The third kappa shape index (κ3) is 12.0. The maximum absolute atomic E-state index is 11.8. The molecule has 2 N–H and O–H groups in total. The van der Waals surface area contributed by atoms with Crippen LogP contribution in [0.15, 0.2) is 47.9 Å². The fraction of sp³-hybridized carbons (Fsp3) is 0.400. The van der Waals surface area contributed by atoms with E-state index in [9.17, 15) is 9.59 Å². The lowest BCUT2D eigenvalue weighted by atomic mass is 10.2. The van der Waals surface area contributed by atoms with E-state index < -0.39 is 11.9 Å². The van der Waals surface area contributed by atoms with Gasteiger partial charge in [0.05, 0.1) is 13.2 Å². The molecule has 0 radical (unpaired) electrons. The molecule has 10 heteroatoms. The zero-order chi connectivity index (χ0) is 22.8. The minimum absolute atomic E-state index is 0.0316. The Morgan fingerprint density at radius 1 is 0.833 bits per heavy atom. The largest absolute Gasteiger partial charge is 0.458 e. The molecule has 0 aliphatic carbocycles. The zero-order valence-electron chi connectivity index (χ0n) is 17.0. The van der Waals surface area contributed by atoms with Crippen molar-refractivity contribution in [2.45, 2.75) is 0 Å². The molecular formula is C20H26N4O6. The highest BCUT2D eigenvalue weighted by atomic mass is 16.6. The van der Waals surface area contributed by atoms with Crippen molar-refractivity contribution >= 4 is 11.9 Å². The smallest absolute Gasteiger partial charge is 0.349 e. The van der Waals surface area contributed by atoms with Crippen LogP contribution in [0.1, 0.15) is 0 Å². The number of allylic oxidation sites excluding steroid dienone is 4. The van der Waals surface area contributed by atoms with E-state index in [0.29, 0.717) is 13.1 Å². The minimum Gasteiger partial charge on any atom is -0.458 e. The normalized spacial score (nSPS) is 11.8. The summed E-state index contributed by atoms with van der Waals surface area (Å²) in [6, 6.07) is 3.41. The molecule has 0 rings (SSSR count). The Bertz CT molecular complexity index is 694. The number of ether oxygens (including phenoxy) is 2. The number of aliphatic hydroxyl groups is 2. The molecule has 0 unspecified atom stereocenters. The molecule has 0 spiro atoms. The number of esters is 2. The van der Waals surface area contributed by atoms with Crippen LogP contribution in [0.4, 0.5) is 0 Å². The van der Waals surface area contributed by atoms with Gasteiger partial charge in [-0.15, -0.1) is 0 Å². The van der Waals surface area contributed by atoms with E-state index in [1.54, 1.807) is 48.4 Å². The summed E-state index contributed by atoms with van der Waals surface area (Å²) in [5, 5.41) is 35.6. The molecule has 0 saturated heterocycles. The first kappa shape index (κ1) is 26.4. The number of likely N-dealkylation sites (N-methyl/N-ethyl adjacent to an activating group) is 2. The van der Waals surface area contributed by atoms with Crippen LogP contribution in [0.3, 0.4) is 0 Å². The topological polar surface area (TPSA) is 147 Å². The quantitative estimate of drug-likeness (QED) is 0.136. The highest BCUT2D eigenvalue weighted by molar-refractivity contribution is 5.93. The second kappa shape index (κ2) is 16.4. The highest BCUT2D eigenvalue weighted by Crippen LogP contribution is 2.01. The molecule has 30 heavy (non-hydrogen) atoms. The fourth-order valence-corrected chi connectivity index (χ4v) is 1.76. The van der Waals surface area contributed by atoms with Crippen molar-refractivity contribution in [3.63, 3.8) is 0 Å². The maximum Gasteiger partial charge on any atom is 0.349 e. The molecule has 0 atom stereocenters. The number of rotatable bonds is 13. The number of hydrogen-bond donors (Lipinski definition) is 2. The van der Waals surface area contributed by atoms with Crippen molar-refractivity contribution in [2.24, 2.45) is 0 Å². The first-order valence-electron chi connectivity index (χ1n) is 8.93. The zero-order valence-corrected chi connectivity index (χ0v) is 17.0. The van der Waals surface area contributed by atoms with Crippen molar-refractivity contribution in [2.75, 3.05) is 53.6 Å². The van der Waals surface area contributed by atoms with Crippen LogP contribution in [0.5, 0.6) is 0 Å². The van der Waals surface area contributed by atoms with Gasteiger partial charge >= 0.3 is 11.9 Å². The van der Waals surface area contributed by atoms with Crippen molar-refractivity contribution in [1.82, 2.24) is 9.80 Å². The summed E-state index contributed by atoms with van der Waals surface area (Å²) in [4.78, 5) is 27.0. The number of nitrogens with zero attached hydrogens (tertiary/aromatic N) is 4. The predicted molar refractivity (Wildman–Crippen MR) is 107 cm³/mol. The number of carbonyl (C=O) groups excluding carboxylic acids is 2. The van der Waals surface area contributed by atoms with Gasteiger partial charge in [0, 0.05) is 27.2 Å². The van der Waals surface area contributed by atoms with E-state index in [-0.39, 0.29) is 37.6 Å². The van der Waals surface area contributed by atoms with E-state index >= 15 is 0 Å². The number of aliphatic hydroxyl groups excluding tert-OH is 2. The minimum atomic E-state index is -0.881. The molecule has 0 aliphatic rings. The van der Waals surface area contributed by atoms with Crippen LogP contribution in [-0.2, 0) is 19.1 Å². The summed E-state index contributed by atoms with van der Waals surface area (Å²) in [5.74, 6) is -1.76. The third-order valence-electron chi connectivity index (χ3n) is 3.34. The van der Waals surface area contributed by atoms with Gasteiger partial charge in [-0.05, 0) is 36.7 Å². The molecule has 0 aliphatic heterocycles. The molecule has 10 nitrogen and oxygen atoms in total. The molecule has 0 heterocycles. The highest BCUT2D eigenvalue weighted by Gasteiger charge is 2.12. The Labute approximate surface area is 175 Å². The molecule has 0 bridgehead atoms. The van der Waals surface area contributed by atoms with Crippen LogP contribution in [-0.4, -0.2) is 85.6 Å². The van der Waals surface area contributed by atoms with Crippen molar-refractivity contribution in [1.29, 1.82) is 10.5 Å². The molecule has 0 saturated carbocycles. The lowest BCUT2D eigenvalue weighted by Crippen LogP contribution is -2.16. The summed E-state index contributed by atoms with van der Waals surface area (Å²) in [7, 11) is 3.43. The fourth-order valence-electron chi connectivity index (χ4n) is 1.76. The van der Waals surface area contributed by atoms with Gasteiger partial charge in [0.15, 0.2) is 0 Å². The summed E-state index contributed by atoms with van der Waals surface area (Å²) in [6.07, 6.45) is 8.61. The molecule has 0 amide bonds. The van der Waals surface area contributed by atoms with Crippen LogP contribution in [0, 0.1) is 22.7 Å². The Hall–Kier alpha value is -3.60. The molecule has 0 aromatic carbocycles. The third-order valence-corrected chi connectivity index (χ3v) is 3.34. The van der Waals surface area contributed by atoms with Gasteiger partial charge in [-0.3, -0.25) is 0 Å². The molecule has 0 aromatic rings. The Morgan fingerprint density at radius 2 is 1.20 bits per heavy atom. The van der Waals surface area contributed by atoms with E-state index in [4.69, 9.17) is 30.2 Å². The van der Waals surface area contributed by atoms with Crippen LogP contribution < -0.4 is 0 Å². The van der Waals surface area contributed by atoms with Crippen molar-refractivity contribution in [3.05, 3.63) is 47.9 Å². The molecule has 162 valence electrons. The number of carbonyl (C=O) groups is 2. The number of hydrogen-bond acceptors (Lipinski definition) is 10. The molecule has 0 aromatic heterocycles. The summed E-state index contributed by atoms with van der Waals surface area (Å²) in [6.45, 7) is 0.163. The second-order valence-electron chi connectivity index (χ2n) is 5.75. The van der Waals surface area contributed by atoms with Gasteiger partial charge in [0.2, 0.25) is 0 Å². The summed E-state index contributed by atoms with van der Waals surface area (Å²) < 4.78 is 9.72. The van der Waals surface area contributed by atoms with E-state index in [1.807, 2.05) is 0 Å². The first-order chi connectivity index (χ1) is 14.4. The van der Waals surface area contributed by atoms with Gasteiger partial charge in [-0.25, -0.2) is 9.59 Å². The van der Waals surface area contributed by atoms with Gasteiger partial charge < -0.3 is 29.5 Å². The van der Waals surface area contributed by atoms with Crippen molar-refractivity contribution < 1.29 is 29.3 Å². The Kier molecular flexibility index (Phi) is 14.4. The van der Waals surface area contributed by atoms with Crippen LogP contribution in [0.2, 0.25) is 0 Å². The first-order valence-corrected chi connectivity index (χ1v) is 8.93. The SMILES string of the molecule is CN(/C=C/C=C(\C#N)C(=O)OCCOC(=O)/C(C#N)=C/C=C/N(C)CCO)CCO. The van der Waals surface area contributed by atoms with E-state index in [1.165, 1.54) is 24.3 Å². The lowest BCUT2D eigenvalue weighted by Gasteiger charge is -2.10. The van der Waals surface area contributed by atoms with Crippen LogP contribution in [0.25, 0.3) is 0 Å². The molecule has 0 fully saturated rings. The number of nitriles is 2.